The number of nitrogens with one attached hydrogen (secondary N) is 1. The molecule has 1 aromatic rings. The second-order valence-electron chi connectivity index (χ2n) is 7.86. The zero-order valence-electron chi connectivity index (χ0n) is 13.2. The quantitative estimate of drug-likeness (QED) is 0.834. The van der Waals surface area contributed by atoms with Crippen molar-refractivity contribution in [2.45, 2.75) is 82.7 Å². The van der Waals surface area contributed by atoms with Gasteiger partial charge in [0.1, 0.15) is 0 Å². The van der Waals surface area contributed by atoms with E-state index in [1.807, 2.05) is 0 Å². The Morgan fingerprint density at radius 3 is 2.29 bits per heavy atom. The van der Waals surface area contributed by atoms with E-state index in [2.05, 4.69) is 29.6 Å². The highest BCUT2D eigenvalue weighted by Crippen LogP contribution is 2.48. The van der Waals surface area contributed by atoms with Crippen molar-refractivity contribution in [1.29, 1.82) is 0 Å². The molecule has 3 aliphatic rings. The van der Waals surface area contributed by atoms with Crippen LogP contribution in [-0.2, 0) is 12.8 Å². The predicted octanol–water partition coefficient (Wildman–Crippen LogP) is 4.64. The summed E-state index contributed by atoms with van der Waals surface area (Å²) in [4.78, 5) is 0. The molecule has 1 aromatic carbocycles. The summed E-state index contributed by atoms with van der Waals surface area (Å²) in [7, 11) is 0. The maximum absolute atomic E-state index is 4.01. The second kappa shape index (κ2) is 5.76. The summed E-state index contributed by atoms with van der Waals surface area (Å²) in [6, 6.07) is 10.6. The molecule has 0 bridgehead atoms. The molecule has 1 N–H and O–H groups in total. The molecule has 0 heterocycles. The maximum atomic E-state index is 4.01. The van der Waals surface area contributed by atoms with Gasteiger partial charge in [0, 0.05) is 12.1 Å². The third kappa shape index (κ3) is 2.90. The van der Waals surface area contributed by atoms with Crippen LogP contribution in [-0.4, -0.2) is 12.1 Å². The molecule has 0 aliphatic heterocycles. The van der Waals surface area contributed by atoms with Crippen LogP contribution in [0.2, 0.25) is 0 Å². The highest BCUT2D eigenvalue weighted by molar-refractivity contribution is 5.30. The first-order chi connectivity index (χ1) is 10.3. The van der Waals surface area contributed by atoms with E-state index in [0.29, 0.717) is 0 Å². The molecular formula is C20H29N. The van der Waals surface area contributed by atoms with Gasteiger partial charge in [0.05, 0.1) is 0 Å². The minimum absolute atomic E-state index is 0.725. The van der Waals surface area contributed by atoms with Gasteiger partial charge in [-0.3, -0.25) is 0 Å². The van der Waals surface area contributed by atoms with Crippen molar-refractivity contribution in [2.24, 2.45) is 5.41 Å². The van der Waals surface area contributed by atoms with E-state index in [0.717, 1.165) is 17.5 Å². The normalized spacial score (nSPS) is 28.7. The molecule has 21 heavy (non-hydrogen) atoms. The SMILES string of the molecule is c1ccc2c(c1)CCC(NC1CCC3(CCCC3)CC1)C2. The van der Waals surface area contributed by atoms with Gasteiger partial charge >= 0.3 is 0 Å². The monoisotopic (exact) mass is 283 g/mol. The Hall–Kier alpha value is -0.820. The smallest absolute Gasteiger partial charge is 0.0113 e. The lowest BCUT2D eigenvalue weighted by atomic mass is 9.71. The first-order valence-corrected chi connectivity index (χ1v) is 9.16. The molecule has 1 atom stereocenters. The van der Waals surface area contributed by atoms with Gasteiger partial charge in [-0.05, 0) is 74.3 Å². The van der Waals surface area contributed by atoms with E-state index in [-0.39, 0.29) is 0 Å². The Labute approximate surface area is 129 Å². The van der Waals surface area contributed by atoms with Gasteiger partial charge in [0.25, 0.3) is 0 Å². The van der Waals surface area contributed by atoms with Crippen molar-refractivity contribution < 1.29 is 0 Å². The Bertz CT molecular complexity index is 476. The van der Waals surface area contributed by atoms with E-state index < -0.39 is 0 Å². The van der Waals surface area contributed by atoms with Gasteiger partial charge < -0.3 is 5.32 Å². The Morgan fingerprint density at radius 1 is 0.810 bits per heavy atom. The topological polar surface area (TPSA) is 12.0 Å². The third-order valence-corrected chi connectivity index (χ3v) is 6.53. The molecule has 2 saturated carbocycles. The fraction of sp³-hybridized carbons (Fsp3) is 0.700. The van der Waals surface area contributed by atoms with Crippen LogP contribution in [0.25, 0.3) is 0 Å². The molecule has 0 amide bonds. The van der Waals surface area contributed by atoms with Crippen molar-refractivity contribution >= 4 is 0 Å². The Morgan fingerprint density at radius 2 is 1.52 bits per heavy atom. The summed E-state index contributed by atoms with van der Waals surface area (Å²) in [5, 5.41) is 4.01. The Kier molecular flexibility index (Phi) is 3.79. The van der Waals surface area contributed by atoms with Crippen molar-refractivity contribution in [3.63, 3.8) is 0 Å². The van der Waals surface area contributed by atoms with Crippen LogP contribution >= 0.6 is 0 Å². The number of benzene rings is 1. The molecule has 2 fully saturated rings. The van der Waals surface area contributed by atoms with Gasteiger partial charge in [-0.15, -0.1) is 0 Å². The molecule has 1 heteroatoms. The fourth-order valence-corrected chi connectivity index (χ4v) is 5.20. The minimum Gasteiger partial charge on any atom is -0.311 e. The van der Waals surface area contributed by atoms with Crippen LogP contribution in [0.15, 0.2) is 24.3 Å². The van der Waals surface area contributed by atoms with E-state index in [4.69, 9.17) is 0 Å². The van der Waals surface area contributed by atoms with Crippen molar-refractivity contribution in [2.75, 3.05) is 0 Å². The highest BCUT2D eigenvalue weighted by atomic mass is 15.0. The summed E-state index contributed by atoms with van der Waals surface area (Å²) in [6.07, 6.45) is 15.7. The molecule has 1 nitrogen and oxygen atoms in total. The standard InChI is InChI=1S/C20H29N/c1-2-6-17-15-19(8-7-16(17)5-1)21-18-9-13-20(14-10-18)11-3-4-12-20/h1-2,5-6,18-19,21H,3-4,7-15H2. The molecular weight excluding hydrogens is 254 g/mol. The van der Waals surface area contributed by atoms with Gasteiger partial charge in [0.15, 0.2) is 0 Å². The molecule has 0 radical (unpaired) electrons. The summed E-state index contributed by atoms with van der Waals surface area (Å²) >= 11 is 0. The Balaban J connectivity index is 1.32. The van der Waals surface area contributed by atoms with Crippen LogP contribution < -0.4 is 5.32 Å². The van der Waals surface area contributed by atoms with E-state index in [9.17, 15) is 0 Å². The van der Waals surface area contributed by atoms with Crippen molar-refractivity contribution in [3.8, 4) is 0 Å². The number of rotatable bonds is 2. The summed E-state index contributed by atoms with van der Waals surface area (Å²) in [5.41, 5.74) is 3.95. The van der Waals surface area contributed by atoms with Gasteiger partial charge in [-0.25, -0.2) is 0 Å². The fourth-order valence-electron chi connectivity index (χ4n) is 5.20. The molecule has 114 valence electrons. The third-order valence-electron chi connectivity index (χ3n) is 6.53. The average Bonchev–Trinajstić information content (AvgIpc) is 2.98. The minimum atomic E-state index is 0.725. The number of fused-ring (bicyclic) bond motifs is 1. The van der Waals surface area contributed by atoms with E-state index in [1.54, 1.807) is 11.1 Å². The first kappa shape index (κ1) is 13.8. The number of aryl methyl sites for hydroxylation is 1. The lowest BCUT2D eigenvalue weighted by Crippen LogP contribution is -2.44. The first-order valence-electron chi connectivity index (χ1n) is 9.16. The lowest BCUT2D eigenvalue weighted by Gasteiger charge is -2.39. The van der Waals surface area contributed by atoms with Gasteiger partial charge in [-0.1, -0.05) is 37.1 Å². The van der Waals surface area contributed by atoms with Crippen LogP contribution in [0.1, 0.15) is 68.9 Å². The number of hydrogen-bond donors (Lipinski definition) is 1. The van der Waals surface area contributed by atoms with Gasteiger partial charge in [-0.2, -0.15) is 0 Å². The molecule has 3 aliphatic carbocycles. The molecule has 4 rings (SSSR count). The van der Waals surface area contributed by atoms with Crippen molar-refractivity contribution in [1.82, 2.24) is 5.32 Å². The molecule has 0 saturated heterocycles. The van der Waals surface area contributed by atoms with E-state index >= 15 is 0 Å². The predicted molar refractivity (Wildman–Crippen MR) is 88.5 cm³/mol. The summed E-state index contributed by atoms with van der Waals surface area (Å²) in [5.74, 6) is 0. The second-order valence-corrected chi connectivity index (χ2v) is 7.86. The highest BCUT2D eigenvalue weighted by Gasteiger charge is 2.37. The molecule has 0 aromatic heterocycles. The van der Waals surface area contributed by atoms with Crippen LogP contribution in [0.3, 0.4) is 0 Å². The van der Waals surface area contributed by atoms with Gasteiger partial charge in [0.2, 0.25) is 0 Å². The summed E-state index contributed by atoms with van der Waals surface area (Å²) in [6.45, 7) is 0. The zero-order valence-corrected chi connectivity index (χ0v) is 13.2. The summed E-state index contributed by atoms with van der Waals surface area (Å²) < 4.78 is 0. The van der Waals surface area contributed by atoms with Crippen molar-refractivity contribution in [3.05, 3.63) is 35.4 Å². The molecule has 1 spiro atoms. The lowest BCUT2D eigenvalue weighted by molar-refractivity contribution is 0.161. The average molecular weight is 283 g/mol. The van der Waals surface area contributed by atoms with Crippen LogP contribution in [0, 0.1) is 5.41 Å². The molecule has 1 unspecified atom stereocenters. The zero-order chi connectivity index (χ0) is 14.1. The maximum Gasteiger partial charge on any atom is 0.0113 e. The largest absolute Gasteiger partial charge is 0.311 e. The van der Waals surface area contributed by atoms with E-state index in [1.165, 1.54) is 70.6 Å². The van der Waals surface area contributed by atoms with Crippen LogP contribution in [0.5, 0.6) is 0 Å². The number of hydrogen-bond acceptors (Lipinski definition) is 1. The van der Waals surface area contributed by atoms with Crippen LogP contribution in [0.4, 0.5) is 0 Å².